The molecule has 0 fully saturated rings. The van der Waals surface area contributed by atoms with Crippen LogP contribution in [0.25, 0.3) is 0 Å². The molecule has 0 bridgehead atoms. The maximum atomic E-state index is 11.9. The molecule has 118 valence electrons. The lowest BCUT2D eigenvalue weighted by atomic mass is 10.1. The number of nitrogens with one attached hydrogen (secondary N) is 2. The van der Waals surface area contributed by atoms with E-state index in [1.807, 2.05) is 0 Å². The van der Waals surface area contributed by atoms with Crippen molar-refractivity contribution < 1.29 is 14.5 Å². The zero-order valence-corrected chi connectivity index (χ0v) is 12.4. The molecule has 2 rings (SSSR count). The summed E-state index contributed by atoms with van der Waals surface area (Å²) in [5.41, 5.74) is 1.45. The van der Waals surface area contributed by atoms with Crippen LogP contribution in [0.1, 0.15) is 17.3 Å². The molecule has 2 aromatic rings. The highest BCUT2D eigenvalue weighted by atomic mass is 16.6. The molecule has 0 aromatic heterocycles. The minimum absolute atomic E-state index is 0.0501. The minimum atomic E-state index is -0.501. The van der Waals surface area contributed by atoms with E-state index in [2.05, 4.69) is 10.6 Å². The summed E-state index contributed by atoms with van der Waals surface area (Å²) in [7, 11) is 0. The van der Waals surface area contributed by atoms with Gasteiger partial charge in [0.2, 0.25) is 5.91 Å². The van der Waals surface area contributed by atoms with Crippen molar-refractivity contribution in [3.05, 3.63) is 64.2 Å². The summed E-state index contributed by atoms with van der Waals surface area (Å²) in [6.07, 6.45) is 0. The Morgan fingerprint density at radius 2 is 1.78 bits per heavy atom. The van der Waals surface area contributed by atoms with Crippen molar-refractivity contribution in [2.24, 2.45) is 0 Å². The van der Waals surface area contributed by atoms with Gasteiger partial charge in [-0.15, -0.1) is 0 Å². The molecule has 0 aliphatic carbocycles. The molecule has 0 saturated carbocycles. The van der Waals surface area contributed by atoms with Crippen molar-refractivity contribution in [1.82, 2.24) is 0 Å². The highest BCUT2D eigenvalue weighted by Gasteiger charge is 2.08. The standard InChI is InChI=1S/C16H15N3O4/c1-11(20)12-4-2-6-14(8-12)18-16(21)10-17-13-5-3-7-15(9-13)19(22)23/h2-9,17H,10H2,1H3,(H,18,21). The van der Waals surface area contributed by atoms with Gasteiger partial charge >= 0.3 is 0 Å². The van der Waals surface area contributed by atoms with Gasteiger partial charge in [-0.3, -0.25) is 19.7 Å². The Kier molecular flexibility index (Phi) is 5.03. The number of anilines is 2. The van der Waals surface area contributed by atoms with Gasteiger partial charge in [-0.25, -0.2) is 0 Å². The number of nitro benzene ring substituents is 1. The molecule has 7 heteroatoms. The average molecular weight is 313 g/mol. The van der Waals surface area contributed by atoms with Crippen LogP contribution >= 0.6 is 0 Å². The van der Waals surface area contributed by atoms with Crippen molar-refractivity contribution in [2.75, 3.05) is 17.2 Å². The van der Waals surface area contributed by atoms with Crippen molar-refractivity contribution in [1.29, 1.82) is 0 Å². The third-order valence-corrected chi connectivity index (χ3v) is 3.06. The lowest BCUT2D eigenvalue weighted by Gasteiger charge is -2.08. The van der Waals surface area contributed by atoms with Crippen LogP contribution in [-0.2, 0) is 4.79 Å². The van der Waals surface area contributed by atoms with Crippen molar-refractivity contribution in [2.45, 2.75) is 6.92 Å². The molecule has 2 N–H and O–H groups in total. The number of nitro groups is 1. The molecule has 0 aliphatic heterocycles. The number of Topliss-reactive ketones (excluding diaryl/α,β-unsaturated/α-hetero) is 1. The maximum absolute atomic E-state index is 11.9. The molecule has 0 atom stereocenters. The normalized spacial score (nSPS) is 9.96. The van der Waals surface area contributed by atoms with Crippen molar-refractivity contribution in [3.63, 3.8) is 0 Å². The Morgan fingerprint density at radius 1 is 1.09 bits per heavy atom. The van der Waals surface area contributed by atoms with Crippen LogP contribution < -0.4 is 10.6 Å². The van der Waals surface area contributed by atoms with Crippen LogP contribution in [0.4, 0.5) is 17.1 Å². The number of hydrogen-bond acceptors (Lipinski definition) is 5. The second kappa shape index (κ2) is 7.17. The number of benzene rings is 2. The monoisotopic (exact) mass is 313 g/mol. The highest BCUT2D eigenvalue weighted by molar-refractivity contribution is 5.98. The van der Waals surface area contributed by atoms with Gasteiger partial charge in [0, 0.05) is 29.1 Å². The van der Waals surface area contributed by atoms with Crippen LogP contribution in [0.15, 0.2) is 48.5 Å². The van der Waals surface area contributed by atoms with E-state index in [1.54, 1.807) is 30.3 Å². The maximum Gasteiger partial charge on any atom is 0.271 e. The largest absolute Gasteiger partial charge is 0.376 e. The molecule has 0 saturated heterocycles. The van der Waals surface area contributed by atoms with Gasteiger partial charge in [0.25, 0.3) is 5.69 Å². The van der Waals surface area contributed by atoms with Gasteiger partial charge in [-0.05, 0) is 25.1 Å². The van der Waals surface area contributed by atoms with Gasteiger partial charge in [0.1, 0.15) is 0 Å². The number of carbonyl (C=O) groups excluding carboxylic acids is 2. The third-order valence-electron chi connectivity index (χ3n) is 3.06. The molecule has 0 spiro atoms. The van der Waals surface area contributed by atoms with Crippen molar-refractivity contribution in [3.8, 4) is 0 Å². The molecular weight excluding hydrogens is 298 g/mol. The smallest absolute Gasteiger partial charge is 0.271 e. The molecule has 7 nitrogen and oxygen atoms in total. The minimum Gasteiger partial charge on any atom is -0.376 e. The lowest BCUT2D eigenvalue weighted by Crippen LogP contribution is -2.21. The third kappa shape index (κ3) is 4.63. The average Bonchev–Trinajstić information content (AvgIpc) is 2.53. The second-order valence-electron chi connectivity index (χ2n) is 4.85. The topological polar surface area (TPSA) is 101 Å². The Labute approximate surface area is 132 Å². The zero-order chi connectivity index (χ0) is 16.8. The Morgan fingerprint density at radius 3 is 2.48 bits per heavy atom. The summed E-state index contributed by atoms with van der Waals surface area (Å²) in [4.78, 5) is 33.4. The Hall–Kier alpha value is -3.22. The SMILES string of the molecule is CC(=O)c1cccc(NC(=O)CNc2cccc([N+](=O)[O-])c2)c1. The van der Waals surface area contributed by atoms with Gasteiger partial charge in [-0.2, -0.15) is 0 Å². The fourth-order valence-electron chi connectivity index (χ4n) is 1.93. The predicted octanol–water partition coefficient (Wildman–Crippen LogP) is 2.85. The molecule has 0 radical (unpaired) electrons. The van der Waals surface area contributed by atoms with Crippen LogP contribution in [0.3, 0.4) is 0 Å². The number of amides is 1. The summed E-state index contributed by atoms with van der Waals surface area (Å²) >= 11 is 0. The molecule has 0 heterocycles. The van der Waals surface area contributed by atoms with E-state index < -0.39 is 4.92 Å². The summed E-state index contributed by atoms with van der Waals surface area (Å²) in [5.74, 6) is -0.409. The van der Waals surface area contributed by atoms with Gasteiger partial charge in [0.05, 0.1) is 11.5 Å². The lowest BCUT2D eigenvalue weighted by molar-refractivity contribution is -0.384. The highest BCUT2D eigenvalue weighted by Crippen LogP contribution is 2.17. The summed E-state index contributed by atoms with van der Waals surface area (Å²) in [6.45, 7) is 1.40. The fraction of sp³-hybridized carbons (Fsp3) is 0.125. The number of ketones is 1. The molecule has 2 aromatic carbocycles. The first-order chi connectivity index (χ1) is 11.0. The van der Waals surface area contributed by atoms with Gasteiger partial charge < -0.3 is 10.6 Å². The van der Waals surface area contributed by atoms with E-state index >= 15 is 0 Å². The summed E-state index contributed by atoms with van der Waals surface area (Å²) in [6, 6.07) is 12.5. The van der Waals surface area contributed by atoms with E-state index in [9.17, 15) is 19.7 Å². The number of non-ortho nitro benzene ring substituents is 1. The van der Waals surface area contributed by atoms with Crippen LogP contribution in [-0.4, -0.2) is 23.2 Å². The van der Waals surface area contributed by atoms with E-state index in [-0.39, 0.29) is 23.9 Å². The molecule has 23 heavy (non-hydrogen) atoms. The molecule has 0 unspecified atom stereocenters. The Bertz CT molecular complexity index is 758. The molecule has 0 aliphatic rings. The fourth-order valence-corrected chi connectivity index (χ4v) is 1.93. The number of hydrogen-bond donors (Lipinski definition) is 2. The summed E-state index contributed by atoms with van der Waals surface area (Å²) < 4.78 is 0. The first-order valence-corrected chi connectivity index (χ1v) is 6.85. The van der Waals surface area contributed by atoms with E-state index in [0.717, 1.165) is 0 Å². The van der Waals surface area contributed by atoms with Crippen LogP contribution in [0.2, 0.25) is 0 Å². The number of nitrogens with zero attached hydrogens (tertiary/aromatic N) is 1. The van der Waals surface area contributed by atoms with E-state index in [1.165, 1.54) is 25.1 Å². The van der Waals surface area contributed by atoms with E-state index in [4.69, 9.17) is 0 Å². The quantitative estimate of drug-likeness (QED) is 0.485. The number of carbonyl (C=O) groups is 2. The van der Waals surface area contributed by atoms with Crippen LogP contribution in [0, 0.1) is 10.1 Å². The summed E-state index contributed by atoms with van der Waals surface area (Å²) in [5, 5.41) is 16.2. The van der Waals surface area contributed by atoms with Crippen LogP contribution in [0.5, 0.6) is 0 Å². The molecular formula is C16H15N3O4. The van der Waals surface area contributed by atoms with Gasteiger partial charge in [0.15, 0.2) is 5.78 Å². The predicted molar refractivity (Wildman–Crippen MR) is 86.7 cm³/mol. The van der Waals surface area contributed by atoms with E-state index in [0.29, 0.717) is 16.9 Å². The second-order valence-corrected chi connectivity index (χ2v) is 4.85. The Balaban J connectivity index is 1.95. The number of rotatable bonds is 6. The molecule has 1 amide bonds. The van der Waals surface area contributed by atoms with Gasteiger partial charge in [-0.1, -0.05) is 18.2 Å². The first kappa shape index (κ1) is 16.2. The first-order valence-electron chi connectivity index (χ1n) is 6.85. The van der Waals surface area contributed by atoms with Crippen molar-refractivity contribution >= 4 is 28.8 Å². The zero-order valence-electron chi connectivity index (χ0n) is 12.4.